The zero-order valence-corrected chi connectivity index (χ0v) is 16.2. The van der Waals surface area contributed by atoms with Crippen LogP contribution in [0.2, 0.25) is 0 Å². The van der Waals surface area contributed by atoms with Crippen molar-refractivity contribution in [2.45, 2.75) is 20.3 Å². The Labute approximate surface area is 165 Å². The minimum atomic E-state index is -0.377. The molecule has 2 heterocycles. The molecule has 0 aliphatic carbocycles. The zero-order chi connectivity index (χ0) is 20.1. The summed E-state index contributed by atoms with van der Waals surface area (Å²) in [4.78, 5) is 36.7. The summed E-state index contributed by atoms with van der Waals surface area (Å²) in [6, 6.07) is 11.9. The van der Waals surface area contributed by atoms with E-state index in [1.54, 1.807) is 56.3 Å². The van der Waals surface area contributed by atoms with Gasteiger partial charge in [0.05, 0.1) is 16.1 Å². The van der Waals surface area contributed by atoms with Gasteiger partial charge in [0.2, 0.25) is 5.91 Å². The van der Waals surface area contributed by atoms with E-state index in [4.69, 9.17) is 4.42 Å². The van der Waals surface area contributed by atoms with E-state index >= 15 is 0 Å². The Morgan fingerprint density at radius 2 is 1.71 bits per heavy atom. The van der Waals surface area contributed by atoms with Crippen LogP contribution >= 0.6 is 11.3 Å². The van der Waals surface area contributed by atoms with E-state index in [-0.39, 0.29) is 23.5 Å². The predicted octanol–water partition coefficient (Wildman–Crippen LogP) is 4.50. The number of anilines is 3. The summed E-state index contributed by atoms with van der Waals surface area (Å²) in [5, 5.41) is 8.83. The number of furan rings is 1. The highest BCUT2D eigenvalue weighted by atomic mass is 32.1. The average molecular weight is 397 g/mol. The topological polar surface area (TPSA) is 100 Å². The van der Waals surface area contributed by atoms with Crippen LogP contribution in [-0.2, 0) is 4.79 Å². The normalized spacial score (nSPS) is 10.4. The number of aryl methyl sites for hydroxylation is 1. The first kappa shape index (κ1) is 19.4. The predicted molar refractivity (Wildman–Crippen MR) is 109 cm³/mol. The number of benzene rings is 1. The number of hydrogen-bond donors (Lipinski definition) is 3. The molecule has 0 unspecified atom stereocenters. The largest absolute Gasteiger partial charge is 0.459 e. The van der Waals surface area contributed by atoms with Gasteiger partial charge in [0, 0.05) is 17.8 Å². The molecular formula is C20H19N3O4S. The number of amides is 3. The Morgan fingerprint density at radius 1 is 0.964 bits per heavy atom. The van der Waals surface area contributed by atoms with Gasteiger partial charge >= 0.3 is 0 Å². The lowest BCUT2D eigenvalue weighted by Crippen LogP contribution is -2.13. The maximum absolute atomic E-state index is 12.6. The van der Waals surface area contributed by atoms with Gasteiger partial charge in [0.25, 0.3) is 11.8 Å². The molecule has 3 rings (SSSR count). The highest BCUT2D eigenvalue weighted by Crippen LogP contribution is 2.28. The summed E-state index contributed by atoms with van der Waals surface area (Å²) in [5.41, 5.74) is 1.92. The molecule has 2 aromatic heterocycles. The van der Waals surface area contributed by atoms with Crippen LogP contribution in [0, 0.1) is 6.92 Å². The van der Waals surface area contributed by atoms with E-state index in [9.17, 15) is 14.4 Å². The molecule has 7 nitrogen and oxygen atoms in total. The van der Waals surface area contributed by atoms with Crippen molar-refractivity contribution in [1.29, 1.82) is 0 Å². The molecule has 28 heavy (non-hydrogen) atoms. The molecule has 1 aromatic carbocycles. The van der Waals surface area contributed by atoms with Crippen LogP contribution in [0.25, 0.3) is 0 Å². The van der Waals surface area contributed by atoms with Crippen molar-refractivity contribution in [3.63, 3.8) is 0 Å². The van der Waals surface area contributed by atoms with E-state index in [0.29, 0.717) is 27.7 Å². The van der Waals surface area contributed by atoms with Gasteiger partial charge in [-0.25, -0.2) is 0 Å². The molecule has 8 heteroatoms. The van der Waals surface area contributed by atoms with Gasteiger partial charge in [-0.1, -0.05) is 13.0 Å². The molecule has 0 atom stereocenters. The SMILES string of the molecule is CCC(=O)Nc1cccc(NC(=O)c2sc(NC(=O)c3ccco3)cc2C)c1. The second-order valence-corrected chi connectivity index (χ2v) is 7.04. The molecule has 3 aromatic rings. The van der Waals surface area contributed by atoms with Crippen LogP contribution in [0.5, 0.6) is 0 Å². The highest BCUT2D eigenvalue weighted by molar-refractivity contribution is 7.18. The molecule has 0 spiro atoms. The Balaban J connectivity index is 1.69. The van der Waals surface area contributed by atoms with Crippen LogP contribution in [-0.4, -0.2) is 17.7 Å². The molecule has 0 aliphatic heterocycles. The average Bonchev–Trinajstić information content (AvgIpc) is 3.32. The molecule has 0 saturated heterocycles. The summed E-state index contributed by atoms with van der Waals surface area (Å²) in [7, 11) is 0. The fourth-order valence-electron chi connectivity index (χ4n) is 2.46. The van der Waals surface area contributed by atoms with Crippen LogP contribution < -0.4 is 16.0 Å². The Morgan fingerprint density at radius 3 is 2.39 bits per heavy atom. The summed E-state index contributed by atoms with van der Waals surface area (Å²) < 4.78 is 5.06. The van der Waals surface area contributed by atoms with Gasteiger partial charge in [0.1, 0.15) is 0 Å². The second-order valence-electron chi connectivity index (χ2n) is 5.99. The molecule has 144 valence electrons. The fourth-order valence-corrected chi connectivity index (χ4v) is 3.43. The standard InChI is InChI=1S/C20H19N3O4S/c1-3-16(24)21-13-6-4-7-14(11-13)22-20(26)18-12(2)10-17(28-18)23-19(25)15-8-5-9-27-15/h4-11H,3H2,1-2H3,(H,21,24)(H,22,26)(H,23,25). The summed E-state index contributed by atoms with van der Waals surface area (Å²) >= 11 is 1.18. The number of rotatable bonds is 6. The summed E-state index contributed by atoms with van der Waals surface area (Å²) in [5.74, 6) is -0.574. The van der Waals surface area contributed by atoms with Crippen molar-refractivity contribution in [3.8, 4) is 0 Å². The number of thiophene rings is 1. The first-order valence-electron chi connectivity index (χ1n) is 8.63. The van der Waals surface area contributed by atoms with Crippen LogP contribution in [0.15, 0.2) is 53.1 Å². The summed E-state index contributed by atoms with van der Waals surface area (Å²) in [6.07, 6.45) is 1.79. The minimum Gasteiger partial charge on any atom is -0.459 e. The lowest BCUT2D eigenvalue weighted by molar-refractivity contribution is -0.115. The molecule has 0 bridgehead atoms. The number of hydrogen-bond acceptors (Lipinski definition) is 5. The molecule has 3 amide bonds. The van der Waals surface area contributed by atoms with E-state index in [0.717, 1.165) is 5.56 Å². The molecular weight excluding hydrogens is 378 g/mol. The van der Waals surface area contributed by atoms with Gasteiger partial charge in [-0.05, 0) is 48.9 Å². The first-order valence-corrected chi connectivity index (χ1v) is 9.44. The Hall–Kier alpha value is -3.39. The highest BCUT2D eigenvalue weighted by Gasteiger charge is 2.17. The smallest absolute Gasteiger partial charge is 0.291 e. The Kier molecular flexibility index (Phi) is 5.90. The maximum Gasteiger partial charge on any atom is 0.291 e. The van der Waals surface area contributed by atoms with E-state index in [1.165, 1.54) is 17.6 Å². The molecule has 0 radical (unpaired) electrons. The summed E-state index contributed by atoms with van der Waals surface area (Å²) in [6.45, 7) is 3.56. The van der Waals surface area contributed by atoms with Gasteiger partial charge < -0.3 is 20.4 Å². The van der Waals surface area contributed by atoms with Gasteiger partial charge in [-0.3, -0.25) is 14.4 Å². The molecule has 3 N–H and O–H groups in total. The van der Waals surface area contributed by atoms with Crippen LogP contribution in [0.4, 0.5) is 16.4 Å². The van der Waals surface area contributed by atoms with Gasteiger partial charge in [-0.2, -0.15) is 0 Å². The van der Waals surface area contributed by atoms with Crippen molar-refractivity contribution < 1.29 is 18.8 Å². The van der Waals surface area contributed by atoms with Crippen molar-refractivity contribution in [3.05, 3.63) is 64.9 Å². The fraction of sp³-hybridized carbons (Fsp3) is 0.150. The van der Waals surface area contributed by atoms with Crippen molar-refractivity contribution in [2.24, 2.45) is 0 Å². The molecule has 0 saturated carbocycles. The first-order chi connectivity index (χ1) is 13.5. The third-order valence-corrected chi connectivity index (χ3v) is 4.98. The molecule has 0 aliphatic rings. The van der Waals surface area contributed by atoms with Crippen molar-refractivity contribution >= 4 is 45.4 Å². The number of carbonyl (C=O) groups excluding carboxylic acids is 3. The minimum absolute atomic E-state index is 0.102. The zero-order valence-electron chi connectivity index (χ0n) is 15.4. The third kappa shape index (κ3) is 4.66. The van der Waals surface area contributed by atoms with E-state index < -0.39 is 0 Å². The van der Waals surface area contributed by atoms with Gasteiger partial charge in [0.15, 0.2) is 5.76 Å². The van der Waals surface area contributed by atoms with E-state index in [1.807, 2.05) is 0 Å². The lowest BCUT2D eigenvalue weighted by Gasteiger charge is -2.08. The van der Waals surface area contributed by atoms with Crippen LogP contribution in [0.3, 0.4) is 0 Å². The van der Waals surface area contributed by atoms with Crippen molar-refractivity contribution in [1.82, 2.24) is 0 Å². The third-order valence-electron chi connectivity index (χ3n) is 3.83. The van der Waals surface area contributed by atoms with Crippen molar-refractivity contribution in [2.75, 3.05) is 16.0 Å². The van der Waals surface area contributed by atoms with Crippen LogP contribution in [0.1, 0.15) is 39.1 Å². The Bertz CT molecular complexity index is 1010. The van der Waals surface area contributed by atoms with Gasteiger partial charge in [-0.15, -0.1) is 11.3 Å². The second kappa shape index (κ2) is 8.53. The monoisotopic (exact) mass is 397 g/mol. The maximum atomic E-state index is 12.6. The number of carbonyl (C=O) groups is 3. The number of nitrogens with one attached hydrogen (secondary N) is 3. The lowest BCUT2D eigenvalue weighted by atomic mass is 10.2. The molecule has 0 fully saturated rings. The van der Waals surface area contributed by atoms with E-state index in [2.05, 4.69) is 16.0 Å². The quantitative estimate of drug-likeness (QED) is 0.570.